The summed E-state index contributed by atoms with van der Waals surface area (Å²) in [6, 6.07) is 12.1. The van der Waals surface area contributed by atoms with Gasteiger partial charge in [0, 0.05) is 22.3 Å². The van der Waals surface area contributed by atoms with Gasteiger partial charge in [-0.25, -0.2) is 4.39 Å². The largest absolute Gasteiger partial charge is 0.488 e. The summed E-state index contributed by atoms with van der Waals surface area (Å²) in [4.78, 5) is 13.0. The van der Waals surface area contributed by atoms with Crippen LogP contribution in [-0.4, -0.2) is 20.8 Å². The summed E-state index contributed by atoms with van der Waals surface area (Å²) in [5.41, 5.74) is 3.71. The SMILES string of the molecule is Cc1cccc(C)c1OCc1c(C(=O)Nc2cc(C)n(Cc3c(F)cccc3Cl)n2)noc1C. The van der Waals surface area contributed by atoms with Crippen molar-refractivity contribution in [3.05, 3.63) is 92.7 Å². The lowest BCUT2D eigenvalue weighted by atomic mass is 10.1. The van der Waals surface area contributed by atoms with E-state index in [1.54, 1.807) is 36.7 Å². The van der Waals surface area contributed by atoms with Gasteiger partial charge >= 0.3 is 0 Å². The van der Waals surface area contributed by atoms with Crippen molar-refractivity contribution < 1.29 is 18.4 Å². The first kappa shape index (κ1) is 23.5. The molecule has 9 heteroatoms. The van der Waals surface area contributed by atoms with Crippen molar-refractivity contribution in [2.45, 2.75) is 40.8 Å². The van der Waals surface area contributed by atoms with Crippen molar-refractivity contribution >= 4 is 23.3 Å². The van der Waals surface area contributed by atoms with Gasteiger partial charge in [0.05, 0.1) is 12.1 Å². The number of aromatic nitrogens is 3. The van der Waals surface area contributed by atoms with E-state index in [1.165, 1.54) is 6.07 Å². The van der Waals surface area contributed by atoms with Crippen molar-refractivity contribution in [3.63, 3.8) is 0 Å². The van der Waals surface area contributed by atoms with Crippen LogP contribution in [-0.2, 0) is 13.2 Å². The molecule has 1 N–H and O–H groups in total. The van der Waals surface area contributed by atoms with E-state index in [4.69, 9.17) is 20.9 Å². The first-order valence-electron chi connectivity index (χ1n) is 10.7. The van der Waals surface area contributed by atoms with E-state index in [9.17, 15) is 9.18 Å². The Balaban J connectivity index is 1.50. The number of para-hydroxylation sites is 1. The van der Waals surface area contributed by atoms with Crippen molar-refractivity contribution in [2.75, 3.05) is 5.32 Å². The summed E-state index contributed by atoms with van der Waals surface area (Å²) in [6.45, 7) is 7.72. The molecule has 0 aliphatic rings. The van der Waals surface area contributed by atoms with Crippen LogP contribution >= 0.6 is 11.6 Å². The monoisotopic (exact) mass is 482 g/mol. The molecule has 7 nitrogen and oxygen atoms in total. The molecule has 0 aliphatic carbocycles. The van der Waals surface area contributed by atoms with E-state index in [-0.39, 0.29) is 18.8 Å². The van der Waals surface area contributed by atoms with E-state index >= 15 is 0 Å². The van der Waals surface area contributed by atoms with Crippen molar-refractivity contribution in [1.82, 2.24) is 14.9 Å². The third kappa shape index (κ3) is 4.82. The summed E-state index contributed by atoms with van der Waals surface area (Å²) in [6.07, 6.45) is 0. The molecule has 0 radical (unpaired) electrons. The molecule has 0 saturated heterocycles. The molecule has 2 heterocycles. The van der Waals surface area contributed by atoms with Gasteiger partial charge in [0.25, 0.3) is 5.91 Å². The molecule has 0 aliphatic heterocycles. The standard InChI is InChI=1S/C25H24ClFN4O3/c1-14-7-5-8-15(2)24(14)33-13-19-17(4)34-30-23(19)25(32)28-22-11-16(3)31(29-22)12-18-20(26)9-6-10-21(18)27/h5-11H,12-13H2,1-4H3,(H,28,29,32). The zero-order valence-corrected chi connectivity index (χ0v) is 20.0. The highest BCUT2D eigenvalue weighted by Gasteiger charge is 2.22. The number of hydrogen-bond acceptors (Lipinski definition) is 5. The maximum absolute atomic E-state index is 14.2. The fraction of sp³-hybridized carbons (Fsp3) is 0.240. The van der Waals surface area contributed by atoms with Crippen LogP contribution in [0.4, 0.5) is 10.2 Å². The molecule has 1 amide bonds. The minimum atomic E-state index is -0.481. The topological polar surface area (TPSA) is 82.2 Å². The number of amides is 1. The molecule has 176 valence electrons. The number of nitrogens with zero attached hydrogens (tertiary/aromatic N) is 3. The lowest BCUT2D eigenvalue weighted by Gasteiger charge is -2.12. The van der Waals surface area contributed by atoms with Gasteiger partial charge in [-0.3, -0.25) is 9.48 Å². The second-order valence-corrected chi connectivity index (χ2v) is 8.47. The molecular weight excluding hydrogens is 459 g/mol. The van der Waals surface area contributed by atoms with Crippen molar-refractivity contribution in [3.8, 4) is 5.75 Å². The summed E-state index contributed by atoms with van der Waals surface area (Å²) in [5, 5.41) is 11.3. The molecule has 4 rings (SSSR count). The third-order valence-electron chi connectivity index (χ3n) is 5.56. The number of benzene rings is 2. The van der Waals surface area contributed by atoms with Gasteiger partial charge in [0.1, 0.15) is 23.9 Å². The van der Waals surface area contributed by atoms with E-state index < -0.39 is 11.7 Å². The number of rotatable bonds is 7. The molecule has 34 heavy (non-hydrogen) atoms. The number of nitrogens with one attached hydrogen (secondary N) is 1. The molecule has 0 bridgehead atoms. The second-order valence-electron chi connectivity index (χ2n) is 8.06. The zero-order chi connectivity index (χ0) is 24.4. The number of hydrogen-bond donors (Lipinski definition) is 1. The Bertz CT molecular complexity index is 1320. The van der Waals surface area contributed by atoms with Gasteiger partial charge < -0.3 is 14.6 Å². The van der Waals surface area contributed by atoms with Gasteiger partial charge in [-0.2, -0.15) is 5.10 Å². The molecule has 0 spiro atoms. The Morgan fingerprint density at radius 1 is 1.12 bits per heavy atom. The average Bonchev–Trinajstić information content (AvgIpc) is 3.32. The van der Waals surface area contributed by atoms with Gasteiger partial charge in [-0.05, 0) is 51.0 Å². The highest BCUT2D eigenvalue weighted by molar-refractivity contribution is 6.31. The van der Waals surface area contributed by atoms with E-state index in [0.717, 1.165) is 22.6 Å². The maximum atomic E-state index is 14.2. The maximum Gasteiger partial charge on any atom is 0.279 e. The van der Waals surface area contributed by atoms with Gasteiger partial charge in [-0.1, -0.05) is 41.0 Å². The smallest absolute Gasteiger partial charge is 0.279 e. The number of carbonyl (C=O) groups excluding carboxylic acids is 1. The lowest BCUT2D eigenvalue weighted by molar-refractivity contribution is 0.101. The van der Waals surface area contributed by atoms with Crippen LogP contribution in [0.15, 0.2) is 47.0 Å². The molecule has 0 unspecified atom stereocenters. The Kier molecular flexibility index (Phi) is 6.70. The number of aryl methyl sites for hydroxylation is 4. The molecule has 2 aromatic heterocycles. The zero-order valence-electron chi connectivity index (χ0n) is 19.3. The number of ether oxygens (including phenoxy) is 1. The quantitative estimate of drug-likeness (QED) is 0.361. The van der Waals surface area contributed by atoms with Crippen LogP contribution < -0.4 is 10.1 Å². The Hall–Kier alpha value is -3.65. The normalized spacial score (nSPS) is 11.0. The molecule has 0 fully saturated rings. The van der Waals surface area contributed by atoms with E-state index in [1.807, 2.05) is 32.0 Å². The molecule has 4 aromatic rings. The summed E-state index contributed by atoms with van der Waals surface area (Å²) in [7, 11) is 0. The van der Waals surface area contributed by atoms with Gasteiger partial charge in [-0.15, -0.1) is 0 Å². The Labute approximate surface area is 201 Å². The molecule has 0 saturated carbocycles. The number of anilines is 1. The number of carbonyl (C=O) groups is 1. The van der Waals surface area contributed by atoms with Gasteiger partial charge in [0.2, 0.25) is 0 Å². The summed E-state index contributed by atoms with van der Waals surface area (Å²) >= 11 is 6.13. The van der Waals surface area contributed by atoms with Crippen molar-refractivity contribution in [2.24, 2.45) is 0 Å². The first-order valence-corrected chi connectivity index (χ1v) is 11.0. The summed E-state index contributed by atoms with van der Waals surface area (Å²) in [5.74, 6) is 0.658. The first-order chi connectivity index (χ1) is 16.2. The van der Waals surface area contributed by atoms with E-state index in [2.05, 4.69) is 15.6 Å². The predicted molar refractivity (Wildman–Crippen MR) is 127 cm³/mol. The summed E-state index contributed by atoms with van der Waals surface area (Å²) < 4.78 is 27.0. The Morgan fingerprint density at radius 3 is 2.53 bits per heavy atom. The predicted octanol–water partition coefficient (Wildman–Crippen LogP) is 5.78. The lowest BCUT2D eigenvalue weighted by Crippen LogP contribution is -2.16. The number of halogens is 2. The fourth-order valence-electron chi connectivity index (χ4n) is 3.65. The van der Waals surface area contributed by atoms with Crippen LogP contribution in [0.25, 0.3) is 0 Å². The van der Waals surface area contributed by atoms with Crippen LogP contribution in [0.2, 0.25) is 5.02 Å². The van der Waals surface area contributed by atoms with Crippen molar-refractivity contribution in [1.29, 1.82) is 0 Å². The minimum absolute atomic E-state index is 0.119. The molecular formula is C25H24ClFN4O3. The van der Waals surface area contributed by atoms with Crippen LogP contribution in [0.1, 0.15) is 44.2 Å². The van der Waals surface area contributed by atoms with Crippen LogP contribution in [0.3, 0.4) is 0 Å². The molecule has 2 aromatic carbocycles. The second kappa shape index (κ2) is 9.69. The Morgan fingerprint density at radius 2 is 1.82 bits per heavy atom. The van der Waals surface area contributed by atoms with Gasteiger partial charge in [0.15, 0.2) is 11.5 Å². The highest BCUT2D eigenvalue weighted by Crippen LogP contribution is 2.26. The van der Waals surface area contributed by atoms with Crippen LogP contribution in [0, 0.1) is 33.5 Å². The fourth-order valence-corrected chi connectivity index (χ4v) is 3.87. The average molecular weight is 483 g/mol. The molecule has 0 atom stereocenters. The minimum Gasteiger partial charge on any atom is -0.488 e. The third-order valence-corrected chi connectivity index (χ3v) is 5.92. The highest BCUT2D eigenvalue weighted by atomic mass is 35.5. The van der Waals surface area contributed by atoms with E-state index in [0.29, 0.717) is 27.7 Å². The van der Waals surface area contributed by atoms with Crippen LogP contribution in [0.5, 0.6) is 5.75 Å².